The zero-order valence-corrected chi connectivity index (χ0v) is 12.0. The molecule has 0 N–H and O–H groups in total. The summed E-state index contributed by atoms with van der Waals surface area (Å²) in [6, 6.07) is 7.89. The van der Waals surface area contributed by atoms with Crippen molar-refractivity contribution >= 4 is 15.9 Å². The molecule has 0 unspecified atom stereocenters. The molecule has 2 fully saturated rings. The Labute approximate surface area is 119 Å². The fourth-order valence-corrected chi connectivity index (χ4v) is 4.28. The highest BCUT2D eigenvalue weighted by atomic mass is 32.2. The summed E-state index contributed by atoms with van der Waals surface area (Å²) in [5, 5.41) is 0. The Bertz CT molecular complexity index is 671. The Kier molecular flexibility index (Phi) is 2.65. The molecule has 5 nitrogen and oxygen atoms in total. The molecule has 1 aromatic rings. The monoisotopic (exact) mass is 291 g/mol. The molecule has 1 saturated carbocycles. The molecule has 20 heavy (non-hydrogen) atoms. The van der Waals surface area contributed by atoms with Crippen LogP contribution in [0.1, 0.15) is 18.4 Å². The highest BCUT2D eigenvalue weighted by Crippen LogP contribution is 2.30. The van der Waals surface area contributed by atoms with Gasteiger partial charge in [0.2, 0.25) is 0 Å². The average Bonchev–Trinajstić information content (AvgIpc) is 3.26. The third-order valence-corrected chi connectivity index (χ3v) is 5.61. The third kappa shape index (κ3) is 1.94. The van der Waals surface area contributed by atoms with Gasteiger partial charge in [0, 0.05) is 37.8 Å². The van der Waals surface area contributed by atoms with Gasteiger partial charge in [-0.25, -0.2) is 0 Å². The second kappa shape index (κ2) is 4.30. The standard InChI is InChI=1S/C14H17N3O2S/c18-20(19)13-4-2-1-3-12(13)14(15-20)17-9-7-16(8-10-17)11-5-6-11/h1-4,11H,5-10H2. The van der Waals surface area contributed by atoms with Crippen LogP contribution in [0.2, 0.25) is 0 Å². The van der Waals surface area contributed by atoms with Gasteiger partial charge in [0.15, 0.2) is 5.84 Å². The zero-order valence-electron chi connectivity index (χ0n) is 11.2. The van der Waals surface area contributed by atoms with Crippen LogP contribution in [-0.4, -0.2) is 56.3 Å². The average molecular weight is 291 g/mol. The van der Waals surface area contributed by atoms with E-state index in [9.17, 15) is 8.42 Å². The lowest BCUT2D eigenvalue weighted by Gasteiger charge is -2.35. The molecule has 2 aliphatic heterocycles. The number of piperazine rings is 1. The van der Waals surface area contributed by atoms with Crippen molar-refractivity contribution in [3.05, 3.63) is 29.8 Å². The van der Waals surface area contributed by atoms with E-state index in [2.05, 4.69) is 14.2 Å². The molecule has 0 amide bonds. The summed E-state index contributed by atoms with van der Waals surface area (Å²) >= 11 is 0. The van der Waals surface area contributed by atoms with Gasteiger partial charge in [-0.1, -0.05) is 12.1 Å². The number of hydrogen-bond acceptors (Lipinski definition) is 4. The maximum absolute atomic E-state index is 12.1. The molecule has 0 aromatic heterocycles. The van der Waals surface area contributed by atoms with E-state index in [-0.39, 0.29) is 0 Å². The van der Waals surface area contributed by atoms with E-state index in [4.69, 9.17) is 0 Å². The topological polar surface area (TPSA) is 53.0 Å². The van der Waals surface area contributed by atoms with E-state index in [0.717, 1.165) is 37.8 Å². The van der Waals surface area contributed by atoms with Gasteiger partial charge in [-0.15, -0.1) is 4.40 Å². The number of benzene rings is 1. The first-order valence-electron chi connectivity index (χ1n) is 7.08. The Hall–Kier alpha value is -1.40. The van der Waals surface area contributed by atoms with Crippen molar-refractivity contribution in [1.29, 1.82) is 0 Å². The van der Waals surface area contributed by atoms with Gasteiger partial charge in [-0.2, -0.15) is 8.42 Å². The lowest BCUT2D eigenvalue weighted by atomic mass is 10.1. The SMILES string of the molecule is O=S1(=O)N=C(N2CCN(C3CC3)CC2)c2ccccc21. The molecule has 0 atom stereocenters. The second-order valence-corrected chi connectivity index (χ2v) is 7.21. The van der Waals surface area contributed by atoms with Gasteiger partial charge >= 0.3 is 0 Å². The van der Waals surface area contributed by atoms with Crippen LogP contribution in [0.15, 0.2) is 33.6 Å². The number of rotatable bonds is 1. The van der Waals surface area contributed by atoms with Crippen LogP contribution in [0.4, 0.5) is 0 Å². The Balaban J connectivity index is 1.60. The Morgan fingerprint density at radius 2 is 1.75 bits per heavy atom. The van der Waals surface area contributed by atoms with E-state index >= 15 is 0 Å². The summed E-state index contributed by atoms with van der Waals surface area (Å²) in [6.07, 6.45) is 2.64. The molecule has 4 rings (SSSR count). The fourth-order valence-electron chi connectivity index (χ4n) is 3.06. The maximum Gasteiger partial charge on any atom is 0.285 e. The van der Waals surface area contributed by atoms with Crippen LogP contribution >= 0.6 is 0 Å². The van der Waals surface area contributed by atoms with Crippen molar-refractivity contribution in [3.8, 4) is 0 Å². The molecule has 2 heterocycles. The van der Waals surface area contributed by atoms with E-state index in [1.54, 1.807) is 12.1 Å². The predicted octanol–water partition coefficient (Wildman–Crippen LogP) is 0.915. The molecule has 0 radical (unpaired) electrons. The molecular weight excluding hydrogens is 274 g/mol. The van der Waals surface area contributed by atoms with Gasteiger partial charge in [-0.05, 0) is 25.0 Å². The molecule has 106 valence electrons. The molecule has 6 heteroatoms. The van der Waals surface area contributed by atoms with Crippen LogP contribution in [0.5, 0.6) is 0 Å². The van der Waals surface area contributed by atoms with Gasteiger partial charge < -0.3 is 4.90 Å². The normalized spacial score (nSPS) is 25.4. The number of nitrogens with zero attached hydrogens (tertiary/aromatic N) is 3. The predicted molar refractivity (Wildman–Crippen MR) is 76.3 cm³/mol. The van der Waals surface area contributed by atoms with E-state index in [0.29, 0.717) is 10.7 Å². The van der Waals surface area contributed by atoms with Gasteiger partial charge in [0.05, 0.1) is 0 Å². The lowest BCUT2D eigenvalue weighted by molar-refractivity contribution is 0.175. The Morgan fingerprint density at radius 1 is 1.05 bits per heavy atom. The smallest absolute Gasteiger partial charge is 0.285 e. The zero-order chi connectivity index (χ0) is 13.7. The first kappa shape index (κ1) is 12.3. The summed E-state index contributed by atoms with van der Waals surface area (Å²) in [5.41, 5.74) is 0.757. The molecular formula is C14H17N3O2S. The van der Waals surface area contributed by atoms with Crippen LogP contribution < -0.4 is 0 Å². The first-order chi connectivity index (χ1) is 9.65. The highest BCUT2D eigenvalue weighted by Gasteiger charge is 2.35. The number of amidine groups is 1. The van der Waals surface area contributed by atoms with Gasteiger partial charge in [-0.3, -0.25) is 4.90 Å². The molecule has 1 aromatic carbocycles. The summed E-state index contributed by atoms with van der Waals surface area (Å²) < 4.78 is 28.1. The number of fused-ring (bicyclic) bond motifs is 1. The highest BCUT2D eigenvalue weighted by molar-refractivity contribution is 7.90. The molecule has 0 bridgehead atoms. The summed E-state index contributed by atoms with van der Waals surface area (Å²) in [7, 11) is -3.49. The first-order valence-corrected chi connectivity index (χ1v) is 8.52. The summed E-state index contributed by atoms with van der Waals surface area (Å²) in [4.78, 5) is 4.97. The molecule has 3 aliphatic rings. The third-order valence-electron chi connectivity index (χ3n) is 4.29. The van der Waals surface area contributed by atoms with Crippen molar-refractivity contribution in [1.82, 2.24) is 9.80 Å². The number of sulfonamides is 1. The van der Waals surface area contributed by atoms with Crippen molar-refractivity contribution in [2.45, 2.75) is 23.8 Å². The van der Waals surface area contributed by atoms with E-state index < -0.39 is 10.0 Å². The largest absolute Gasteiger partial charge is 0.353 e. The quantitative estimate of drug-likeness (QED) is 0.772. The molecule has 1 aliphatic carbocycles. The minimum atomic E-state index is -3.49. The van der Waals surface area contributed by atoms with Crippen LogP contribution in [-0.2, 0) is 10.0 Å². The van der Waals surface area contributed by atoms with Crippen molar-refractivity contribution < 1.29 is 8.42 Å². The van der Waals surface area contributed by atoms with Crippen molar-refractivity contribution in [2.24, 2.45) is 4.40 Å². The summed E-state index contributed by atoms with van der Waals surface area (Å²) in [6.45, 7) is 3.73. The summed E-state index contributed by atoms with van der Waals surface area (Å²) in [5.74, 6) is 0.635. The fraction of sp³-hybridized carbons (Fsp3) is 0.500. The van der Waals surface area contributed by atoms with Crippen molar-refractivity contribution in [3.63, 3.8) is 0 Å². The number of hydrogen-bond donors (Lipinski definition) is 0. The van der Waals surface area contributed by atoms with Gasteiger partial charge in [0.25, 0.3) is 10.0 Å². The van der Waals surface area contributed by atoms with E-state index in [1.165, 1.54) is 12.8 Å². The van der Waals surface area contributed by atoms with Crippen LogP contribution in [0, 0.1) is 0 Å². The van der Waals surface area contributed by atoms with Crippen LogP contribution in [0.25, 0.3) is 0 Å². The minimum absolute atomic E-state index is 0.347. The van der Waals surface area contributed by atoms with E-state index in [1.807, 2.05) is 12.1 Å². The molecule has 0 spiro atoms. The maximum atomic E-state index is 12.1. The minimum Gasteiger partial charge on any atom is -0.353 e. The van der Waals surface area contributed by atoms with Crippen molar-refractivity contribution in [2.75, 3.05) is 26.2 Å². The molecule has 1 saturated heterocycles. The second-order valence-electron chi connectivity index (χ2n) is 5.64. The lowest BCUT2D eigenvalue weighted by Crippen LogP contribution is -2.49. The van der Waals surface area contributed by atoms with Crippen LogP contribution in [0.3, 0.4) is 0 Å². The Morgan fingerprint density at radius 3 is 2.45 bits per heavy atom. The van der Waals surface area contributed by atoms with Gasteiger partial charge in [0.1, 0.15) is 4.90 Å².